The number of alkyl halides is 6. The third-order valence-electron chi connectivity index (χ3n) is 4.47. The van der Waals surface area contributed by atoms with Gasteiger partial charge in [-0.3, -0.25) is 4.79 Å². The van der Waals surface area contributed by atoms with E-state index in [2.05, 4.69) is 0 Å². The Bertz CT molecular complexity index is 1060. The molecule has 12 heteroatoms. The van der Waals surface area contributed by atoms with Gasteiger partial charge in [0.25, 0.3) is 5.91 Å². The first-order valence-electron chi connectivity index (χ1n) is 9.06. The SMILES string of the molecule is CN(C(=O)c1cc(C(F)(F)F)cc(C(F)(F)F)c1)C(=CCCc1ccc(Cl)c(Cl)c1)C(=O)O. The molecule has 2 aromatic carbocycles. The van der Waals surface area contributed by atoms with Crippen molar-refractivity contribution in [2.75, 3.05) is 7.05 Å². The van der Waals surface area contributed by atoms with Gasteiger partial charge in [-0.1, -0.05) is 35.3 Å². The van der Waals surface area contributed by atoms with Crippen LogP contribution in [0.2, 0.25) is 10.0 Å². The molecule has 4 nitrogen and oxygen atoms in total. The molecule has 0 aliphatic heterocycles. The second kappa shape index (κ2) is 10.0. The Morgan fingerprint density at radius 3 is 1.94 bits per heavy atom. The van der Waals surface area contributed by atoms with Crippen LogP contribution in [0.5, 0.6) is 0 Å². The molecule has 0 aliphatic carbocycles. The minimum atomic E-state index is -5.15. The quantitative estimate of drug-likeness (QED) is 0.345. The Kier molecular flexibility index (Phi) is 8.08. The van der Waals surface area contributed by atoms with Crippen LogP contribution in [0, 0.1) is 0 Å². The summed E-state index contributed by atoms with van der Waals surface area (Å²) >= 11 is 11.7. The summed E-state index contributed by atoms with van der Waals surface area (Å²) in [6, 6.07) is 5.07. The summed E-state index contributed by atoms with van der Waals surface area (Å²) in [5.41, 5.74) is -4.27. The number of carboxylic acids is 1. The van der Waals surface area contributed by atoms with Crippen LogP contribution in [0.25, 0.3) is 0 Å². The number of hydrogen-bond acceptors (Lipinski definition) is 2. The van der Waals surface area contributed by atoms with Crippen LogP contribution in [-0.2, 0) is 23.6 Å². The number of likely N-dealkylation sites (N-methyl/N-ethyl adjacent to an activating group) is 1. The normalized spacial score (nSPS) is 12.6. The van der Waals surface area contributed by atoms with E-state index in [0.29, 0.717) is 15.5 Å². The molecule has 0 fully saturated rings. The van der Waals surface area contributed by atoms with Gasteiger partial charge < -0.3 is 10.0 Å². The molecule has 0 saturated carbocycles. The molecule has 0 spiro atoms. The lowest BCUT2D eigenvalue weighted by atomic mass is 10.0. The molecule has 0 bridgehead atoms. The summed E-state index contributed by atoms with van der Waals surface area (Å²) in [6.45, 7) is 0. The van der Waals surface area contributed by atoms with Crippen molar-refractivity contribution in [3.63, 3.8) is 0 Å². The smallest absolute Gasteiger partial charge is 0.416 e. The third kappa shape index (κ3) is 6.88. The fraction of sp³-hybridized carbons (Fsp3) is 0.238. The molecule has 178 valence electrons. The summed E-state index contributed by atoms with van der Waals surface area (Å²) < 4.78 is 78.3. The second-order valence-electron chi connectivity index (χ2n) is 6.84. The molecule has 0 atom stereocenters. The topological polar surface area (TPSA) is 57.6 Å². The molecule has 0 aliphatic rings. The highest BCUT2D eigenvalue weighted by Gasteiger charge is 2.38. The highest BCUT2D eigenvalue weighted by molar-refractivity contribution is 6.42. The zero-order chi connectivity index (χ0) is 25.1. The molecular weight excluding hydrogens is 499 g/mol. The number of benzene rings is 2. The van der Waals surface area contributed by atoms with Crippen molar-refractivity contribution in [2.24, 2.45) is 0 Å². The van der Waals surface area contributed by atoms with Gasteiger partial charge in [0.15, 0.2) is 0 Å². The summed E-state index contributed by atoms with van der Waals surface area (Å²) in [5.74, 6) is -2.95. The molecule has 0 aromatic heterocycles. The lowest BCUT2D eigenvalue weighted by Crippen LogP contribution is -2.30. The van der Waals surface area contributed by atoms with Gasteiger partial charge in [0.2, 0.25) is 0 Å². The standard InChI is InChI=1S/C21H15Cl2F6NO3/c1-30(17(19(32)33)4-2-3-11-5-6-15(22)16(23)7-11)18(31)12-8-13(20(24,25)26)10-14(9-12)21(27,28)29/h4-10H,2-3H2,1H3,(H,32,33). The number of aliphatic carboxylic acids is 1. The Morgan fingerprint density at radius 1 is 0.939 bits per heavy atom. The molecule has 33 heavy (non-hydrogen) atoms. The minimum absolute atomic E-state index is 0.0770. The van der Waals surface area contributed by atoms with Crippen molar-refractivity contribution in [1.29, 1.82) is 0 Å². The molecule has 0 unspecified atom stereocenters. The number of carbonyl (C=O) groups is 2. The first kappa shape index (κ1) is 26.5. The molecular formula is C21H15Cl2F6NO3. The van der Waals surface area contributed by atoms with Crippen molar-refractivity contribution < 1.29 is 41.0 Å². The monoisotopic (exact) mass is 513 g/mol. The average molecular weight is 514 g/mol. The minimum Gasteiger partial charge on any atom is -0.477 e. The van der Waals surface area contributed by atoms with Crippen molar-refractivity contribution in [1.82, 2.24) is 4.90 Å². The second-order valence-corrected chi connectivity index (χ2v) is 7.65. The number of rotatable bonds is 6. The van der Waals surface area contributed by atoms with Crippen LogP contribution in [0.3, 0.4) is 0 Å². The summed E-state index contributed by atoms with van der Waals surface area (Å²) in [4.78, 5) is 24.7. The largest absolute Gasteiger partial charge is 0.477 e. The molecule has 1 N–H and O–H groups in total. The summed E-state index contributed by atoms with van der Waals surface area (Å²) in [6.07, 6.45) is -8.83. The van der Waals surface area contributed by atoms with Crippen LogP contribution < -0.4 is 0 Å². The number of aryl methyl sites for hydroxylation is 1. The summed E-state index contributed by atoms with van der Waals surface area (Å²) in [5, 5.41) is 10.0. The molecule has 0 radical (unpaired) electrons. The fourth-order valence-corrected chi connectivity index (χ4v) is 3.14. The van der Waals surface area contributed by atoms with Gasteiger partial charge >= 0.3 is 18.3 Å². The van der Waals surface area contributed by atoms with E-state index in [0.717, 1.165) is 13.1 Å². The van der Waals surface area contributed by atoms with Crippen LogP contribution >= 0.6 is 23.2 Å². The Hall–Kier alpha value is -2.72. The van der Waals surface area contributed by atoms with E-state index >= 15 is 0 Å². The van der Waals surface area contributed by atoms with Crippen molar-refractivity contribution in [3.05, 3.63) is 80.5 Å². The van der Waals surface area contributed by atoms with E-state index in [1.165, 1.54) is 6.07 Å². The lowest BCUT2D eigenvalue weighted by molar-refractivity contribution is -0.143. The van der Waals surface area contributed by atoms with Gasteiger partial charge in [-0.25, -0.2) is 4.79 Å². The van der Waals surface area contributed by atoms with Gasteiger partial charge in [-0.2, -0.15) is 26.3 Å². The number of halogens is 8. The first-order chi connectivity index (χ1) is 15.1. The van der Waals surface area contributed by atoms with Crippen LogP contribution in [0.15, 0.2) is 48.2 Å². The maximum atomic E-state index is 13.1. The van der Waals surface area contributed by atoms with E-state index in [-0.39, 0.29) is 36.1 Å². The zero-order valence-electron chi connectivity index (χ0n) is 16.7. The Balaban J connectivity index is 2.35. The maximum Gasteiger partial charge on any atom is 0.416 e. The van der Waals surface area contributed by atoms with E-state index < -0.39 is 46.6 Å². The van der Waals surface area contributed by atoms with Crippen molar-refractivity contribution in [2.45, 2.75) is 25.2 Å². The Labute approximate surface area is 194 Å². The molecule has 2 rings (SSSR count). The molecule has 1 amide bonds. The van der Waals surface area contributed by atoms with Crippen molar-refractivity contribution in [3.8, 4) is 0 Å². The molecule has 0 heterocycles. The van der Waals surface area contributed by atoms with Gasteiger partial charge in [0, 0.05) is 12.6 Å². The number of amides is 1. The number of carboxylic acid groups (broad SMARTS) is 1. The van der Waals surface area contributed by atoms with E-state index in [1.807, 2.05) is 0 Å². The van der Waals surface area contributed by atoms with Crippen molar-refractivity contribution >= 4 is 35.1 Å². The third-order valence-corrected chi connectivity index (χ3v) is 5.21. The zero-order valence-corrected chi connectivity index (χ0v) is 18.2. The molecule has 2 aromatic rings. The van der Waals surface area contributed by atoms with E-state index in [1.54, 1.807) is 12.1 Å². The number of carbonyl (C=O) groups excluding carboxylic acids is 1. The first-order valence-corrected chi connectivity index (χ1v) is 9.81. The predicted octanol–water partition coefficient (Wildman–Crippen LogP) is 6.70. The fourth-order valence-electron chi connectivity index (χ4n) is 2.82. The van der Waals surface area contributed by atoms with E-state index in [9.17, 15) is 41.0 Å². The van der Waals surface area contributed by atoms with Gasteiger partial charge in [0.1, 0.15) is 5.70 Å². The maximum absolute atomic E-state index is 13.1. The molecule has 0 saturated heterocycles. The summed E-state index contributed by atoms with van der Waals surface area (Å²) in [7, 11) is 0.939. The highest BCUT2D eigenvalue weighted by Crippen LogP contribution is 2.36. The van der Waals surface area contributed by atoms with Crippen LogP contribution in [0.1, 0.15) is 33.5 Å². The predicted molar refractivity (Wildman–Crippen MR) is 109 cm³/mol. The van der Waals surface area contributed by atoms with Gasteiger partial charge in [0.05, 0.1) is 21.2 Å². The number of hydrogen-bond donors (Lipinski definition) is 1. The highest BCUT2D eigenvalue weighted by atomic mass is 35.5. The van der Waals surface area contributed by atoms with Gasteiger partial charge in [-0.15, -0.1) is 0 Å². The number of nitrogens with zero attached hydrogens (tertiary/aromatic N) is 1. The van der Waals surface area contributed by atoms with Crippen LogP contribution in [-0.4, -0.2) is 28.9 Å². The van der Waals surface area contributed by atoms with Gasteiger partial charge in [-0.05, 0) is 48.7 Å². The average Bonchev–Trinajstić information content (AvgIpc) is 2.70. The van der Waals surface area contributed by atoms with Crippen LogP contribution in [0.4, 0.5) is 26.3 Å². The Morgan fingerprint density at radius 2 is 1.48 bits per heavy atom. The lowest BCUT2D eigenvalue weighted by Gasteiger charge is -2.20. The number of allylic oxidation sites excluding steroid dienone is 1. The van der Waals surface area contributed by atoms with E-state index in [4.69, 9.17) is 23.2 Å².